The fraction of sp³-hybridized carbons (Fsp3) is 0.176. The summed E-state index contributed by atoms with van der Waals surface area (Å²) >= 11 is 0. The molecule has 0 aliphatic heterocycles. The van der Waals surface area contributed by atoms with Crippen molar-refractivity contribution in [1.29, 1.82) is 0 Å². The highest BCUT2D eigenvalue weighted by molar-refractivity contribution is 7.92. The maximum atomic E-state index is 12.9. The van der Waals surface area contributed by atoms with Crippen LogP contribution < -0.4 is 4.31 Å². The van der Waals surface area contributed by atoms with Gasteiger partial charge in [0, 0.05) is 25.7 Å². The molecule has 0 aliphatic carbocycles. The van der Waals surface area contributed by atoms with E-state index in [-0.39, 0.29) is 17.5 Å². The lowest BCUT2D eigenvalue weighted by Gasteiger charge is -2.21. The molecule has 0 atom stereocenters. The second kappa shape index (κ2) is 6.77. The number of hydrogen-bond acceptors (Lipinski definition) is 5. The molecule has 0 amide bonds. The Morgan fingerprint density at radius 1 is 1.27 bits per heavy atom. The smallest absolute Gasteiger partial charge is 0.352 e. The summed E-state index contributed by atoms with van der Waals surface area (Å²) in [7, 11) is -1.06. The molecule has 26 heavy (non-hydrogen) atoms. The number of methoxy groups -OCH3 is 1. The van der Waals surface area contributed by atoms with Gasteiger partial charge in [-0.2, -0.15) is 8.42 Å². The fourth-order valence-electron chi connectivity index (χ4n) is 2.77. The maximum Gasteiger partial charge on any atom is 0.352 e. The van der Waals surface area contributed by atoms with E-state index in [4.69, 9.17) is 4.74 Å². The number of rotatable bonds is 6. The predicted octanol–water partition coefficient (Wildman–Crippen LogP) is 2.16. The van der Waals surface area contributed by atoms with Crippen LogP contribution in [0, 0.1) is 0 Å². The number of carbonyl (C=O) groups is 1. The molecule has 2 heterocycles. The molecule has 0 aliphatic rings. The number of anilines is 1. The quantitative estimate of drug-likeness (QED) is 0.708. The molecule has 0 fully saturated rings. The molecular formula is C17H17N3O5S. The first-order chi connectivity index (χ1) is 12.4. The standard InChI is InChI=1S/C17H17N3O5S/c1-19(26(23,24)15-8-3-4-9-18-15)13-7-5-6-12-10-14(17(21)22)20(11-25-2)16(12)13/h3-10H,11H2,1-2H3,(H,21,22). The van der Waals surface area contributed by atoms with Gasteiger partial charge in [-0.15, -0.1) is 0 Å². The third kappa shape index (κ3) is 2.91. The van der Waals surface area contributed by atoms with E-state index in [1.165, 1.54) is 37.1 Å². The molecular weight excluding hydrogens is 358 g/mol. The lowest BCUT2D eigenvalue weighted by Crippen LogP contribution is -2.28. The molecule has 1 aromatic carbocycles. The first-order valence-electron chi connectivity index (χ1n) is 7.62. The number of pyridine rings is 1. The van der Waals surface area contributed by atoms with Crippen LogP contribution in [-0.2, 0) is 21.5 Å². The minimum Gasteiger partial charge on any atom is -0.477 e. The number of fused-ring (bicyclic) bond motifs is 1. The highest BCUT2D eigenvalue weighted by atomic mass is 32.2. The zero-order valence-electron chi connectivity index (χ0n) is 14.2. The molecule has 0 saturated heterocycles. The molecule has 1 N–H and O–H groups in total. The van der Waals surface area contributed by atoms with E-state index in [1.54, 1.807) is 30.3 Å². The Morgan fingerprint density at radius 3 is 2.65 bits per heavy atom. The van der Waals surface area contributed by atoms with Gasteiger partial charge >= 0.3 is 5.97 Å². The van der Waals surface area contributed by atoms with Gasteiger partial charge in [0.05, 0.1) is 11.2 Å². The van der Waals surface area contributed by atoms with Crippen molar-refractivity contribution in [3.63, 3.8) is 0 Å². The second-order valence-corrected chi connectivity index (χ2v) is 7.45. The lowest BCUT2D eigenvalue weighted by molar-refractivity contribution is 0.0664. The van der Waals surface area contributed by atoms with Crippen molar-refractivity contribution in [3.8, 4) is 0 Å². The second-order valence-electron chi connectivity index (χ2n) is 5.54. The number of benzene rings is 1. The Kier molecular flexibility index (Phi) is 4.66. The first kappa shape index (κ1) is 17.9. The zero-order chi connectivity index (χ0) is 18.9. The van der Waals surface area contributed by atoms with Crippen LogP contribution in [0.4, 0.5) is 5.69 Å². The van der Waals surface area contributed by atoms with Crippen molar-refractivity contribution in [2.24, 2.45) is 0 Å². The number of carboxylic acids is 1. The van der Waals surface area contributed by atoms with Crippen LogP contribution in [-0.4, -0.2) is 43.2 Å². The summed E-state index contributed by atoms with van der Waals surface area (Å²) in [4.78, 5) is 15.5. The Hall–Kier alpha value is -2.91. The van der Waals surface area contributed by atoms with Crippen LogP contribution in [0.2, 0.25) is 0 Å². The van der Waals surface area contributed by atoms with E-state index in [2.05, 4.69) is 4.98 Å². The Labute approximate surface area is 150 Å². The molecule has 0 spiro atoms. The van der Waals surface area contributed by atoms with E-state index >= 15 is 0 Å². The van der Waals surface area contributed by atoms with E-state index in [1.807, 2.05) is 0 Å². The average Bonchev–Trinajstić information content (AvgIpc) is 3.01. The van der Waals surface area contributed by atoms with Gasteiger partial charge in [0.2, 0.25) is 0 Å². The topological polar surface area (TPSA) is 102 Å². The Bertz CT molecular complexity index is 1060. The van der Waals surface area contributed by atoms with E-state index < -0.39 is 16.0 Å². The number of aromatic carboxylic acids is 1. The van der Waals surface area contributed by atoms with Crippen molar-refractivity contribution in [2.45, 2.75) is 11.8 Å². The molecule has 0 saturated carbocycles. The predicted molar refractivity (Wildman–Crippen MR) is 95.7 cm³/mol. The monoisotopic (exact) mass is 375 g/mol. The fourth-order valence-corrected chi connectivity index (χ4v) is 3.90. The molecule has 136 valence electrons. The van der Waals surface area contributed by atoms with Crippen molar-refractivity contribution in [2.75, 3.05) is 18.5 Å². The normalized spacial score (nSPS) is 11.6. The summed E-state index contributed by atoms with van der Waals surface area (Å²) in [5.74, 6) is -1.13. The third-order valence-electron chi connectivity index (χ3n) is 3.98. The highest BCUT2D eigenvalue weighted by Gasteiger charge is 2.26. The lowest BCUT2D eigenvalue weighted by atomic mass is 10.2. The van der Waals surface area contributed by atoms with Crippen LogP contribution in [0.1, 0.15) is 10.5 Å². The van der Waals surface area contributed by atoms with Gasteiger partial charge in [-0.3, -0.25) is 4.31 Å². The molecule has 3 rings (SSSR count). The van der Waals surface area contributed by atoms with Crippen molar-refractivity contribution < 1.29 is 23.1 Å². The van der Waals surface area contributed by atoms with Gasteiger partial charge in [-0.1, -0.05) is 18.2 Å². The van der Waals surface area contributed by atoms with Crippen molar-refractivity contribution >= 4 is 32.6 Å². The summed E-state index contributed by atoms with van der Waals surface area (Å²) in [5, 5.41) is 9.95. The van der Waals surface area contributed by atoms with E-state index in [0.717, 1.165) is 4.31 Å². The molecule has 3 aromatic rings. The molecule has 0 radical (unpaired) electrons. The summed E-state index contributed by atoms with van der Waals surface area (Å²) in [5.41, 5.74) is 0.796. The Balaban J connectivity index is 2.23. The highest BCUT2D eigenvalue weighted by Crippen LogP contribution is 2.32. The molecule has 8 nitrogen and oxygen atoms in total. The average molecular weight is 375 g/mol. The molecule has 0 bridgehead atoms. The molecule has 9 heteroatoms. The SMILES string of the molecule is COCn1c(C(=O)O)cc2cccc(N(C)S(=O)(=O)c3ccccn3)c21. The van der Waals surface area contributed by atoms with E-state index in [9.17, 15) is 18.3 Å². The molecule has 0 unspecified atom stereocenters. The van der Waals surface area contributed by atoms with Gasteiger partial charge < -0.3 is 14.4 Å². The first-order valence-corrected chi connectivity index (χ1v) is 9.06. The number of ether oxygens (including phenoxy) is 1. The van der Waals surface area contributed by atoms with Crippen LogP contribution >= 0.6 is 0 Å². The number of para-hydroxylation sites is 1. The number of nitrogens with zero attached hydrogens (tertiary/aromatic N) is 3. The zero-order valence-corrected chi connectivity index (χ0v) is 15.0. The maximum absolute atomic E-state index is 12.9. The van der Waals surface area contributed by atoms with Crippen LogP contribution in [0.25, 0.3) is 10.9 Å². The van der Waals surface area contributed by atoms with Crippen LogP contribution in [0.5, 0.6) is 0 Å². The summed E-state index contributed by atoms with van der Waals surface area (Å²) in [6.07, 6.45) is 1.40. The van der Waals surface area contributed by atoms with Gasteiger partial charge in [0.15, 0.2) is 5.03 Å². The largest absolute Gasteiger partial charge is 0.477 e. The van der Waals surface area contributed by atoms with Crippen LogP contribution in [0.3, 0.4) is 0 Å². The minimum atomic E-state index is -3.91. The van der Waals surface area contributed by atoms with Gasteiger partial charge in [-0.05, 0) is 24.3 Å². The van der Waals surface area contributed by atoms with Gasteiger partial charge in [0.1, 0.15) is 12.4 Å². The van der Waals surface area contributed by atoms with Crippen LogP contribution in [0.15, 0.2) is 53.7 Å². The molecule has 2 aromatic heterocycles. The van der Waals surface area contributed by atoms with Crippen molar-refractivity contribution in [1.82, 2.24) is 9.55 Å². The summed E-state index contributed by atoms with van der Waals surface area (Å²) in [6, 6.07) is 11.1. The number of carboxylic acid groups (broad SMARTS) is 1. The van der Waals surface area contributed by atoms with E-state index in [0.29, 0.717) is 16.6 Å². The number of sulfonamides is 1. The van der Waals surface area contributed by atoms with Gasteiger partial charge in [0.25, 0.3) is 10.0 Å². The summed E-state index contributed by atoms with van der Waals surface area (Å²) in [6.45, 7) is -0.0282. The summed E-state index contributed by atoms with van der Waals surface area (Å²) < 4.78 is 33.4. The van der Waals surface area contributed by atoms with Gasteiger partial charge in [-0.25, -0.2) is 9.78 Å². The number of aromatic nitrogens is 2. The minimum absolute atomic E-state index is 0.0120. The third-order valence-corrected chi connectivity index (χ3v) is 5.67. The Morgan fingerprint density at radius 2 is 2.04 bits per heavy atom. The van der Waals surface area contributed by atoms with Crippen molar-refractivity contribution in [3.05, 3.63) is 54.4 Å². The number of hydrogen-bond donors (Lipinski definition) is 1.